The van der Waals surface area contributed by atoms with Crippen LogP contribution in [0.3, 0.4) is 0 Å². The first-order chi connectivity index (χ1) is 15.2. The van der Waals surface area contributed by atoms with Crippen LogP contribution in [0.2, 0.25) is 0 Å². The second-order valence-electron chi connectivity index (χ2n) is 7.45. The van der Waals surface area contributed by atoms with Crippen LogP contribution in [-0.2, 0) is 13.7 Å². The fraction of sp³-hybridized carbons (Fsp3) is 0.0833. The van der Waals surface area contributed by atoms with Gasteiger partial charge in [-0.25, -0.2) is 14.5 Å². The Morgan fingerprint density at radius 2 is 1.74 bits per heavy atom. The van der Waals surface area contributed by atoms with E-state index in [4.69, 9.17) is 9.72 Å². The van der Waals surface area contributed by atoms with Gasteiger partial charge < -0.3 is 4.74 Å². The molecule has 6 aromatic rings. The van der Waals surface area contributed by atoms with Gasteiger partial charge >= 0.3 is 0 Å². The first-order valence-electron chi connectivity index (χ1n) is 9.99. The highest BCUT2D eigenvalue weighted by molar-refractivity contribution is 5.89. The Hall–Kier alpha value is -4.26. The van der Waals surface area contributed by atoms with Crippen molar-refractivity contribution in [3.05, 3.63) is 84.8 Å². The lowest BCUT2D eigenvalue weighted by molar-refractivity contribution is 0.306. The lowest BCUT2D eigenvalue weighted by Gasteiger charge is -2.08. The number of aromatic nitrogens is 6. The maximum atomic E-state index is 5.99. The highest BCUT2D eigenvalue weighted by Gasteiger charge is 2.12. The van der Waals surface area contributed by atoms with Crippen LogP contribution in [0.25, 0.3) is 38.8 Å². The number of nitrogens with zero attached hydrogens (tertiary/aromatic N) is 6. The zero-order valence-electron chi connectivity index (χ0n) is 16.8. The molecule has 0 aliphatic carbocycles. The fourth-order valence-corrected chi connectivity index (χ4v) is 3.73. The van der Waals surface area contributed by atoms with E-state index >= 15 is 0 Å². The molecule has 3 heterocycles. The molecule has 0 aliphatic rings. The lowest BCUT2D eigenvalue weighted by Crippen LogP contribution is -1.95. The number of aryl methyl sites for hydroxylation is 1. The standard InChI is InChI=1S/C24H18N6O/c1-29-23-21(13-26-29)24-27-22(28-30(24)15-25-23)18-8-6-16(7-9-18)14-31-20-11-10-17-4-2-3-5-19(17)12-20/h2-13,15H,14H2,1H3. The van der Waals surface area contributed by atoms with Crippen molar-refractivity contribution < 1.29 is 4.74 Å². The Bertz CT molecular complexity index is 1550. The maximum Gasteiger partial charge on any atom is 0.182 e. The summed E-state index contributed by atoms with van der Waals surface area (Å²) in [6.45, 7) is 0.497. The van der Waals surface area contributed by atoms with Crippen LogP contribution < -0.4 is 4.74 Å². The third-order valence-electron chi connectivity index (χ3n) is 5.41. The molecule has 0 radical (unpaired) electrons. The second-order valence-corrected chi connectivity index (χ2v) is 7.45. The molecular formula is C24H18N6O. The van der Waals surface area contributed by atoms with Crippen molar-refractivity contribution in [1.29, 1.82) is 0 Å². The van der Waals surface area contributed by atoms with E-state index in [-0.39, 0.29) is 0 Å². The summed E-state index contributed by atoms with van der Waals surface area (Å²) in [5, 5.41) is 12.1. The molecule has 3 aromatic heterocycles. The number of fused-ring (bicyclic) bond motifs is 4. The number of hydrogen-bond donors (Lipinski definition) is 0. The summed E-state index contributed by atoms with van der Waals surface area (Å²) in [5.74, 6) is 1.51. The van der Waals surface area contributed by atoms with Crippen molar-refractivity contribution in [2.75, 3.05) is 0 Å². The highest BCUT2D eigenvalue weighted by Crippen LogP contribution is 2.23. The zero-order chi connectivity index (χ0) is 20.8. The molecule has 0 spiro atoms. The van der Waals surface area contributed by atoms with Crippen molar-refractivity contribution in [2.45, 2.75) is 6.61 Å². The Kier molecular flexibility index (Phi) is 3.92. The third kappa shape index (κ3) is 3.07. The molecule has 7 nitrogen and oxygen atoms in total. The van der Waals surface area contributed by atoms with E-state index in [1.165, 1.54) is 10.8 Å². The topological polar surface area (TPSA) is 70.1 Å². The zero-order valence-corrected chi connectivity index (χ0v) is 16.8. The molecule has 0 unspecified atom stereocenters. The van der Waals surface area contributed by atoms with E-state index < -0.39 is 0 Å². The van der Waals surface area contributed by atoms with Crippen molar-refractivity contribution in [2.24, 2.45) is 7.05 Å². The van der Waals surface area contributed by atoms with Gasteiger partial charge in [0.25, 0.3) is 0 Å². The molecule has 0 aliphatic heterocycles. The number of benzene rings is 3. The van der Waals surface area contributed by atoms with E-state index in [1.807, 2.05) is 49.5 Å². The quantitative estimate of drug-likeness (QED) is 0.434. The molecule has 31 heavy (non-hydrogen) atoms. The Morgan fingerprint density at radius 1 is 0.903 bits per heavy atom. The van der Waals surface area contributed by atoms with Crippen LogP contribution in [0.15, 0.2) is 79.3 Å². The predicted octanol–water partition coefficient (Wildman–Crippen LogP) is 4.41. The average molecular weight is 406 g/mol. The van der Waals surface area contributed by atoms with Gasteiger partial charge in [0.15, 0.2) is 17.1 Å². The SMILES string of the molecule is Cn1ncc2c1ncn1nc(-c3ccc(COc4ccc5ccccc5c4)cc3)nc21. The van der Waals surface area contributed by atoms with Crippen LogP contribution in [-0.4, -0.2) is 29.4 Å². The van der Waals surface area contributed by atoms with Crippen LogP contribution in [0, 0.1) is 0 Å². The van der Waals surface area contributed by atoms with Crippen LogP contribution >= 0.6 is 0 Å². The van der Waals surface area contributed by atoms with Gasteiger partial charge in [0, 0.05) is 12.6 Å². The summed E-state index contributed by atoms with van der Waals surface area (Å²) in [5.41, 5.74) is 3.55. The minimum Gasteiger partial charge on any atom is -0.489 e. The van der Waals surface area contributed by atoms with Gasteiger partial charge in [-0.15, -0.1) is 5.10 Å². The number of ether oxygens (including phenoxy) is 1. The minimum atomic E-state index is 0.497. The molecule has 0 saturated carbocycles. The smallest absolute Gasteiger partial charge is 0.182 e. The number of hydrogen-bond acceptors (Lipinski definition) is 5. The molecule has 0 fully saturated rings. The lowest BCUT2D eigenvalue weighted by atomic mass is 10.1. The summed E-state index contributed by atoms with van der Waals surface area (Å²) in [4.78, 5) is 9.11. The Labute approximate surface area is 177 Å². The average Bonchev–Trinajstić information content (AvgIpc) is 3.41. The van der Waals surface area contributed by atoms with Crippen molar-refractivity contribution in [3.8, 4) is 17.1 Å². The Balaban J connectivity index is 1.23. The van der Waals surface area contributed by atoms with Crippen LogP contribution in [0.1, 0.15) is 5.56 Å². The summed E-state index contributed by atoms with van der Waals surface area (Å²) >= 11 is 0. The van der Waals surface area contributed by atoms with Gasteiger partial charge in [0.1, 0.15) is 18.7 Å². The summed E-state index contributed by atoms with van der Waals surface area (Å²) < 4.78 is 9.41. The van der Waals surface area contributed by atoms with Gasteiger partial charge in [-0.05, 0) is 28.5 Å². The van der Waals surface area contributed by atoms with Crippen LogP contribution in [0.4, 0.5) is 0 Å². The first kappa shape index (κ1) is 17.6. The third-order valence-corrected chi connectivity index (χ3v) is 5.41. The van der Waals surface area contributed by atoms with Gasteiger partial charge in [-0.2, -0.15) is 5.10 Å². The predicted molar refractivity (Wildman–Crippen MR) is 119 cm³/mol. The monoisotopic (exact) mass is 406 g/mol. The van der Waals surface area contributed by atoms with Crippen molar-refractivity contribution in [3.63, 3.8) is 0 Å². The molecule has 150 valence electrons. The maximum absolute atomic E-state index is 5.99. The fourth-order valence-electron chi connectivity index (χ4n) is 3.73. The van der Waals surface area contributed by atoms with Crippen molar-refractivity contribution in [1.82, 2.24) is 29.4 Å². The Morgan fingerprint density at radius 3 is 2.61 bits per heavy atom. The molecule has 0 bridgehead atoms. The highest BCUT2D eigenvalue weighted by atomic mass is 16.5. The van der Waals surface area contributed by atoms with E-state index in [0.29, 0.717) is 12.4 Å². The summed E-state index contributed by atoms with van der Waals surface area (Å²) in [7, 11) is 1.86. The number of rotatable bonds is 4. The van der Waals surface area contributed by atoms with E-state index in [2.05, 4.69) is 39.4 Å². The second kappa shape index (κ2) is 6.91. The molecule has 7 heteroatoms. The summed E-state index contributed by atoms with van der Waals surface area (Å²) in [6.07, 6.45) is 3.44. The van der Waals surface area contributed by atoms with E-state index in [1.54, 1.807) is 21.7 Å². The van der Waals surface area contributed by atoms with E-state index in [0.717, 1.165) is 33.6 Å². The minimum absolute atomic E-state index is 0.497. The molecular weight excluding hydrogens is 388 g/mol. The van der Waals surface area contributed by atoms with Gasteiger partial charge in [0.2, 0.25) is 0 Å². The van der Waals surface area contributed by atoms with E-state index in [9.17, 15) is 0 Å². The van der Waals surface area contributed by atoms with Crippen molar-refractivity contribution >= 4 is 27.5 Å². The van der Waals surface area contributed by atoms with Crippen LogP contribution in [0.5, 0.6) is 5.75 Å². The molecule has 0 amide bonds. The molecule has 0 N–H and O–H groups in total. The van der Waals surface area contributed by atoms with Gasteiger partial charge in [0.05, 0.1) is 11.6 Å². The first-order valence-corrected chi connectivity index (χ1v) is 9.99. The normalized spacial score (nSPS) is 11.5. The summed E-state index contributed by atoms with van der Waals surface area (Å²) in [6, 6.07) is 22.5. The molecule has 6 rings (SSSR count). The van der Waals surface area contributed by atoms with Gasteiger partial charge in [-0.3, -0.25) is 4.68 Å². The molecule has 0 saturated heterocycles. The molecule has 3 aromatic carbocycles. The largest absolute Gasteiger partial charge is 0.489 e. The molecule has 0 atom stereocenters. The van der Waals surface area contributed by atoms with Gasteiger partial charge in [-0.1, -0.05) is 54.6 Å².